The molecular weight excluding hydrogens is 246 g/mol. The van der Waals surface area contributed by atoms with E-state index in [1.54, 1.807) is 0 Å². The van der Waals surface area contributed by atoms with Gasteiger partial charge in [-0.15, -0.1) is 0 Å². The molecule has 0 fully saturated rings. The van der Waals surface area contributed by atoms with Crippen LogP contribution in [0.5, 0.6) is 0 Å². The van der Waals surface area contributed by atoms with E-state index in [4.69, 9.17) is 15.3 Å². The van der Waals surface area contributed by atoms with Gasteiger partial charge in [-0.3, -0.25) is 4.79 Å². The van der Waals surface area contributed by atoms with Crippen molar-refractivity contribution in [2.45, 2.75) is 64.8 Å². The number of rotatable bonds is 7. The number of aliphatic hydroxyl groups excluding tert-OH is 1. The van der Waals surface area contributed by atoms with Crippen molar-refractivity contribution in [3.8, 4) is 0 Å². The second-order valence-corrected chi connectivity index (χ2v) is 11.3. The molecule has 0 rings (SSSR count). The van der Waals surface area contributed by atoms with Crippen LogP contribution >= 0.6 is 0 Å². The van der Waals surface area contributed by atoms with Crippen LogP contribution in [0.3, 0.4) is 0 Å². The Kier molecular flexibility index (Phi) is 6.53. The van der Waals surface area contributed by atoms with Crippen LogP contribution in [0.2, 0.25) is 18.1 Å². The Morgan fingerprint density at radius 3 is 2.22 bits per heavy atom. The van der Waals surface area contributed by atoms with Crippen LogP contribution in [0.4, 0.5) is 0 Å². The van der Waals surface area contributed by atoms with Crippen molar-refractivity contribution in [1.29, 1.82) is 0 Å². The lowest BCUT2D eigenvalue weighted by Gasteiger charge is -2.40. The van der Waals surface area contributed by atoms with E-state index in [-0.39, 0.29) is 36.0 Å². The van der Waals surface area contributed by atoms with Gasteiger partial charge in [0.15, 0.2) is 8.32 Å². The molecule has 0 saturated heterocycles. The molecular formula is C13H29NO3Si. The molecule has 2 unspecified atom stereocenters. The maximum Gasteiger partial charge on any atom is 0.219 e. The number of carbonyl (C=O) groups excluding carboxylic acids is 1. The van der Waals surface area contributed by atoms with Gasteiger partial charge in [-0.1, -0.05) is 27.7 Å². The SMILES string of the molecule is CC(CCO)C(CC(N)=O)O[Si](C)(C)C(C)(C)C. The first kappa shape index (κ1) is 17.6. The Balaban J connectivity index is 4.83. The minimum Gasteiger partial charge on any atom is -0.413 e. The summed E-state index contributed by atoms with van der Waals surface area (Å²) in [6, 6.07) is 0. The Morgan fingerprint density at radius 1 is 1.39 bits per heavy atom. The van der Waals surface area contributed by atoms with Crippen LogP contribution in [-0.4, -0.2) is 32.0 Å². The lowest BCUT2D eigenvalue weighted by atomic mass is 9.99. The van der Waals surface area contributed by atoms with Crippen LogP contribution < -0.4 is 5.73 Å². The predicted octanol–water partition coefficient (Wildman–Crippen LogP) is 2.27. The Morgan fingerprint density at radius 2 is 1.89 bits per heavy atom. The molecule has 3 N–H and O–H groups in total. The van der Waals surface area contributed by atoms with Gasteiger partial charge in [0.05, 0.1) is 12.5 Å². The number of hydrogen-bond acceptors (Lipinski definition) is 3. The Bertz CT molecular complexity index is 274. The van der Waals surface area contributed by atoms with Crippen molar-refractivity contribution in [2.75, 3.05) is 6.61 Å². The van der Waals surface area contributed by atoms with Gasteiger partial charge in [0.1, 0.15) is 0 Å². The summed E-state index contributed by atoms with van der Waals surface area (Å²) in [6.45, 7) is 12.9. The summed E-state index contributed by atoms with van der Waals surface area (Å²) >= 11 is 0. The zero-order valence-electron chi connectivity index (χ0n) is 12.6. The molecule has 0 aromatic carbocycles. The number of amides is 1. The first-order valence-electron chi connectivity index (χ1n) is 6.58. The van der Waals surface area contributed by atoms with Gasteiger partial charge in [-0.25, -0.2) is 0 Å². The van der Waals surface area contributed by atoms with Crippen LogP contribution in [0.1, 0.15) is 40.5 Å². The molecule has 108 valence electrons. The molecule has 2 atom stereocenters. The highest BCUT2D eigenvalue weighted by Gasteiger charge is 2.40. The van der Waals surface area contributed by atoms with E-state index in [2.05, 4.69) is 33.9 Å². The fraction of sp³-hybridized carbons (Fsp3) is 0.923. The molecule has 0 aliphatic carbocycles. The van der Waals surface area contributed by atoms with E-state index in [9.17, 15) is 4.79 Å². The van der Waals surface area contributed by atoms with E-state index >= 15 is 0 Å². The third-order valence-electron chi connectivity index (χ3n) is 3.87. The number of nitrogens with two attached hydrogens (primary N) is 1. The normalized spacial score (nSPS) is 16.4. The van der Waals surface area contributed by atoms with Crippen LogP contribution in [-0.2, 0) is 9.22 Å². The molecule has 0 aliphatic heterocycles. The molecule has 1 amide bonds. The lowest BCUT2D eigenvalue weighted by Crippen LogP contribution is -2.46. The summed E-state index contributed by atoms with van der Waals surface area (Å²) in [5.41, 5.74) is 5.29. The Hall–Kier alpha value is -0.393. The molecule has 0 radical (unpaired) electrons. The quantitative estimate of drug-likeness (QED) is 0.700. The zero-order chi connectivity index (χ0) is 14.6. The first-order chi connectivity index (χ1) is 8.01. The average molecular weight is 275 g/mol. The molecule has 4 nitrogen and oxygen atoms in total. The molecule has 0 aromatic heterocycles. The summed E-state index contributed by atoms with van der Waals surface area (Å²) in [5.74, 6) is -0.208. The van der Waals surface area contributed by atoms with Crippen LogP contribution in [0, 0.1) is 5.92 Å². The first-order valence-corrected chi connectivity index (χ1v) is 9.49. The van der Waals surface area contributed by atoms with Gasteiger partial charge < -0.3 is 15.3 Å². The Labute approximate surface area is 112 Å². The second kappa shape index (κ2) is 6.68. The largest absolute Gasteiger partial charge is 0.413 e. The molecule has 0 bridgehead atoms. The summed E-state index contributed by atoms with van der Waals surface area (Å²) in [5, 5.41) is 9.12. The number of primary amides is 1. The smallest absolute Gasteiger partial charge is 0.219 e. The van der Waals surface area contributed by atoms with Gasteiger partial charge in [-0.05, 0) is 30.5 Å². The van der Waals surface area contributed by atoms with Gasteiger partial charge in [0, 0.05) is 6.61 Å². The molecule has 0 saturated carbocycles. The monoisotopic (exact) mass is 275 g/mol. The third-order valence-corrected chi connectivity index (χ3v) is 8.38. The van der Waals surface area contributed by atoms with E-state index in [1.165, 1.54) is 0 Å². The summed E-state index contributed by atoms with van der Waals surface area (Å²) in [6.07, 6.45) is 0.677. The molecule has 0 heterocycles. The van der Waals surface area contributed by atoms with Crippen molar-refractivity contribution in [2.24, 2.45) is 11.7 Å². The van der Waals surface area contributed by atoms with Crippen LogP contribution in [0.25, 0.3) is 0 Å². The maximum absolute atomic E-state index is 11.1. The minimum absolute atomic E-state index is 0.0990. The van der Waals surface area contributed by atoms with E-state index in [0.717, 1.165) is 0 Å². The fourth-order valence-electron chi connectivity index (χ4n) is 1.50. The molecule has 18 heavy (non-hydrogen) atoms. The third kappa shape index (κ3) is 5.50. The number of aliphatic hydroxyl groups is 1. The number of hydrogen-bond donors (Lipinski definition) is 2. The predicted molar refractivity (Wildman–Crippen MR) is 76.7 cm³/mol. The summed E-state index contributed by atoms with van der Waals surface area (Å²) in [7, 11) is -1.92. The molecule has 0 aliphatic rings. The summed E-state index contributed by atoms with van der Waals surface area (Å²) < 4.78 is 6.25. The van der Waals surface area contributed by atoms with Gasteiger partial charge >= 0.3 is 0 Å². The van der Waals surface area contributed by atoms with E-state index in [1.807, 2.05) is 6.92 Å². The topological polar surface area (TPSA) is 72.5 Å². The van der Waals surface area contributed by atoms with Crippen molar-refractivity contribution < 1.29 is 14.3 Å². The van der Waals surface area contributed by atoms with Gasteiger partial charge in [0.2, 0.25) is 5.91 Å². The van der Waals surface area contributed by atoms with Crippen LogP contribution in [0.15, 0.2) is 0 Å². The highest BCUT2D eigenvalue weighted by Crippen LogP contribution is 2.38. The van der Waals surface area contributed by atoms with Gasteiger partial charge in [0.25, 0.3) is 0 Å². The van der Waals surface area contributed by atoms with E-state index in [0.29, 0.717) is 6.42 Å². The van der Waals surface area contributed by atoms with Crippen molar-refractivity contribution in [3.63, 3.8) is 0 Å². The highest BCUT2D eigenvalue weighted by atomic mass is 28.4. The zero-order valence-corrected chi connectivity index (χ0v) is 13.6. The van der Waals surface area contributed by atoms with Gasteiger partial charge in [-0.2, -0.15) is 0 Å². The second-order valence-electron chi connectivity index (χ2n) is 6.58. The minimum atomic E-state index is -1.92. The average Bonchev–Trinajstić information content (AvgIpc) is 2.14. The van der Waals surface area contributed by atoms with Crippen molar-refractivity contribution >= 4 is 14.2 Å². The standard InChI is InChI=1S/C13H29NO3Si/c1-10(7-8-15)11(9-12(14)16)17-18(5,6)13(2,3)4/h10-11,15H,7-9H2,1-6H3,(H2,14,16). The maximum atomic E-state index is 11.1. The molecule has 0 spiro atoms. The fourth-order valence-corrected chi connectivity index (χ4v) is 2.93. The van der Waals surface area contributed by atoms with Crippen molar-refractivity contribution in [3.05, 3.63) is 0 Å². The lowest BCUT2D eigenvalue weighted by molar-refractivity contribution is -0.120. The summed E-state index contributed by atoms with van der Waals surface area (Å²) in [4.78, 5) is 11.1. The highest BCUT2D eigenvalue weighted by molar-refractivity contribution is 6.74. The molecule has 0 aromatic rings. The van der Waals surface area contributed by atoms with E-state index < -0.39 is 8.32 Å². The molecule has 5 heteroatoms. The number of carbonyl (C=O) groups is 1. The van der Waals surface area contributed by atoms with Crippen molar-refractivity contribution in [1.82, 2.24) is 0 Å².